The van der Waals surface area contributed by atoms with Crippen LogP contribution < -0.4 is 10.6 Å². The first kappa shape index (κ1) is 15.1. The van der Waals surface area contributed by atoms with Crippen LogP contribution in [0.2, 0.25) is 0 Å². The lowest BCUT2D eigenvalue weighted by Gasteiger charge is -2.33. The number of benzene rings is 1. The summed E-state index contributed by atoms with van der Waals surface area (Å²) in [6.07, 6.45) is 2.81. The van der Waals surface area contributed by atoms with E-state index in [0.29, 0.717) is 30.5 Å². The molecule has 0 aliphatic heterocycles. The number of phenolic OH excluding ortho intramolecular Hbond substituents is 1. The van der Waals surface area contributed by atoms with Gasteiger partial charge in [-0.1, -0.05) is 0 Å². The van der Waals surface area contributed by atoms with Crippen LogP contribution in [0.15, 0.2) is 24.3 Å². The van der Waals surface area contributed by atoms with E-state index in [0.717, 1.165) is 35.5 Å². The molecule has 0 heterocycles. The van der Waals surface area contributed by atoms with Gasteiger partial charge in [0.25, 0.3) is 5.91 Å². The van der Waals surface area contributed by atoms with Gasteiger partial charge in [0.2, 0.25) is 5.91 Å². The lowest BCUT2D eigenvalue weighted by atomic mass is 9.71. The van der Waals surface area contributed by atoms with Crippen molar-refractivity contribution in [1.82, 2.24) is 10.6 Å². The molecule has 6 aliphatic rings. The van der Waals surface area contributed by atoms with Gasteiger partial charge in [0.05, 0.1) is 0 Å². The summed E-state index contributed by atoms with van der Waals surface area (Å²) < 4.78 is 0. The van der Waals surface area contributed by atoms with Crippen molar-refractivity contribution in [1.29, 1.82) is 0 Å². The molecular weight excluding hydrogens is 328 g/mol. The van der Waals surface area contributed by atoms with Crippen LogP contribution in [0.25, 0.3) is 0 Å². The Morgan fingerprint density at radius 1 is 0.846 bits per heavy atom. The maximum atomic E-state index is 12.9. The zero-order valence-corrected chi connectivity index (χ0v) is 14.6. The fourth-order valence-electron chi connectivity index (χ4n) is 8.16. The first-order chi connectivity index (χ1) is 12.6. The molecule has 26 heavy (non-hydrogen) atoms. The summed E-state index contributed by atoms with van der Waals surface area (Å²) in [5, 5.41) is 15.2. The van der Waals surface area contributed by atoms with Gasteiger partial charge in [0.1, 0.15) is 5.75 Å². The van der Waals surface area contributed by atoms with E-state index in [9.17, 15) is 14.7 Å². The van der Waals surface area contributed by atoms with E-state index in [4.69, 9.17) is 0 Å². The van der Waals surface area contributed by atoms with E-state index in [2.05, 4.69) is 10.6 Å². The molecule has 5 nitrogen and oxygen atoms in total. The summed E-state index contributed by atoms with van der Waals surface area (Å²) in [6.45, 7) is 0.911. The fraction of sp³-hybridized carbons (Fsp3) is 0.619. The molecule has 6 aliphatic carbocycles. The van der Waals surface area contributed by atoms with Crippen molar-refractivity contribution in [3.05, 3.63) is 29.8 Å². The van der Waals surface area contributed by atoms with Gasteiger partial charge in [-0.2, -0.15) is 0 Å². The smallest absolute Gasteiger partial charge is 0.251 e. The quantitative estimate of drug-likeness (QED) is 0.705. The number of carbonyl (C=O) groups is 2. The van der Waals surface area contributed by atoms with Crippen LogP contribution in [-0.4, -0.2) is 30.0 Å². The molecule has 136 valence electrons. The summed E-state index contributed by atoms with van der Waals surface area (Å²) in [7, 11) is 0. The fourth-order valence-corrected chi connectivity index (χ4v) is 8.16. The second-order valence-corrected chi connectivity index (χ2v) is 9.06. The molecule has 3 N–H and O–H groups in total. The molecular formula is C21H24N2O3. The van der Waals surface area contributed by atoms with Gasteiger partial charge in [-0.05, 0) is 84.5 Å². The highest BCUT2D eigenvalue weighted by molar-refractivity contribution is 5.94. The Labute approximate surface area is 152 Å². The average Bonchev–Trinajstić information content (AvgIpc) is 3.36. The van der Waals surface area contributed by atoms with E-state index in [1.165, 1.54) is 25.0 Å². The van der Waals surface area contributed by atoms with Crippen LogP contribution in [0.1, 0.15) is 23.2 Å². The van der Waals surface area contributed by atoms with Crippen LogP contribution in [0, 0.1) is 53.3 Å². The molecule has 0 radical (unpaired) electrons. The Balaban J connectivity index is 1.04. The third-order valence-corrected chi connectivity index (χ3v) is 8.47. The van der Waals surface area contributed by atoms with Crippen LogP contribution >= 0.6 is 0 Å². The van der Waals surface area contributed by atoms with Crippen molar-refractivity contribution >= 4 is 11.8 Å². The minimum atomic E-state index is -0.181. The van der Waals surface area contributed by atoms with Gasteiger partial charge in [-0.15, -0.1) is 0 Å². The lowest BCUT2D eigenvalue weighted by molar-refractivity contribution is -0.126. The summed E-state index contributed by atoms with van der Waals surface area (Å²) in [5.41, 5.74) is 0.513. The topological polar surface area (TPSA) is 78.4 Å². The van der Waals surface area contributed by atoms with Crippen LogP contribution in [0.3, 0.4) is 0 Å². The maximum absolute atomic E-state index is 12.9. The maximum Gasteiger partial charge on any atom is 0.251 e. The largest absolute Gasteiger partial charge is 0.508 e. The normalized spacial score (nSPS) is 45.0. The summed E-state index contributed by atoms with van der Waals surface area (Å²) in [5.74, 6) is 7.15. The lowest BCUT2D eigenvalue weighted by Crippen LogP contribution is -2.39. The third-order valence-electron chi connectivity index (χ3n) is 8.47. The predicted molar refractivity (Wildman–Crippen MR) is 94.1 cm³/mol. The highest BCUT2D eigenvalue weighted by Gasteiger charge is 2.81. The average molecular weight is 352 g/mol. The summed E-state index contributed by atoms with van der Waals surface area (Å²) in [6, 6.07) is 6.18. The second kappa shape index (κ2) is 5.02. The van der Waals surface area contributed by atoms with E-state index in [1.807, 2.05) is 0 Å². The van der Waals surface area contributed by atoms with Gasteiger partial charge < -0.3 is 15.7 Å². The van der Waals surface area contributed by atoms with Crippen molar-refractivity contribution in [3.63, 3.8) is 0 Å². The molecule has 5 heteroatoms. The summed E-state index contributed by atoms with van der Waals surface area (Å²) >= 11 is 0. The minimum absolute atomic E-state index is 0.143. The highest BCUT2D eigenvalue weighted by atomic mass is 16.3. The van der Waals surface area contributed by atoms with Gasteiger partial charge >= 0.3 is 0 Å². The number of rotatable bonds is 5. The molecule has 6 fully saturated rings. The standard InChI is InChI=1S/C21H24N2O3/c24-10-3-1-9(2-4-10)20(25)22-5-6-23-21(26)19-17-13-7-11-12-8-14(15(11)17)18(19)16(12)13/h1-4,11-19,24H,5-8H2,(H,22,25)(H,23,26)/t11-,12+,13-,14-,15+,16+,17-,18-,19?/m0/s1. The molecule has 0 spiro atoms. The van der Waals surface area contributed by atoms with Crippen LogP contribution in [-0.2, 0) is 4.79 Å². The molecule has 1 aromatic rings. The molecule has 1 aromatic carbocycles. The van der Waals surface area contributed by atoms with Crippen molar-refractivity contribution in [2.24, 2.45) is 53.3 Å². The van der Waals surface area contributed by atoms with Crippen molar-refractivity contribution in [2.45, 2.75) is 12.8 Å². The molecule has 0 saturated heterocycles. The Morgan fingerprint density at radius 3 is 2.04 bits per heavy atom. The predicted octanol–water partition coefficient (Wildman–Crippen LogP) is 1.63. The molecule has 1 unspecified atom stereocenters. The molecule has 7 rings (SSSR count). The Bertz CT molecular complexity index is 763. The van der Waals surface area contributed by atoms with Gasteiger partial charge in [0.15, 0.2) is 0 Å². The molecule has 6 bridgehead atoms. The van der Waals surface area contributed by atoms with Crippen molar-refractivity contribution in [3.8, 4) is 5.75 Å². The SMILES string of the molecule is O=C(NCCNC(=O)C1[C@H]2[C@H]3C[C@@H]4[C@@H]5C[C@H]([C@H]1[C@@H]35)[C@@H]42)c1ccc(O)cc1. The van der Waals surface area contributed by atoms with E-state index >= 15 is 0 Å². The number of aromatic hydroxyl groups is 1. The number of hydrogen-bond donors (Lipinski definition) is 3. The van der Waals surface area contributed by atoms with E-state index in [-0.39, 0.29) is 23.5 Å². The van der Waals surface area contributed by atoms with E-state index in [1.54, 1.807) is 12.1 Å². The zero-order chi connectivity index (χ0) is 17.6. The Hall–Kier alpha value is -2.04. The highest BCUT2D eigenvalue weighted by Crippen LogP contribution is 2.84. The van der Waals surface area contributed by atoms with Crippen LogP contribution in [0.4, 0.5) is 0 Å². The van der Waals surface area contributed by atoms with Gasteiger partial charge in [-0.25, -0.2) is 0 Å². The third kappa shape index (κ3) is 1.72. The monoisotopic (exact) mass is 352 g/mol. The minimum Gasteiger partial charge on any atom is -0.508 e. The number of carbonyl (C=O) groups excluding carboxylic acids is 2. The second-order valence-electron chi connectivity index (χ2n) is 9.06. The van der Waals surface area contributed by atoms with Crippen molar-refractivity contribution < 1.29 is 14.7 Å². The molecule has 6 saturated carbocycles. The zero-order valence-electron chi connectivity index (χ0n) is 14.6. The number of hydrogen-bond acceptors (Lipinski definition) is 3. The summed E-state index contributed by atoms with van der Waals surface area (Å²) in [4.78, 5) is 24.9. The Kier molecular flexibility index (Phi) is 2.91. The van der Waals surface area contributed by atoms with Crippen LogP contribution in [0.5, 0.6) is 5.75 Å². The number of phenols is 1. The van der Waals surface area contributed by atoms with Crippen molar-refractivity contribution in [2.75, 3.05) is 13.1 Å². The first-order valence-corrected chi connectivity index (χ1v) is 10.00. The molecule has 2 amide bonds. The molecule has 9 atom stereocenters. The molecule has 0 aromatic heterocycles. The van der Waals surface area contributed by atoms with E-state index < -0.39 is 0 Å². The van der Waals surface area contributed by atoms with Gasteiger partial charge in [-0.3, -0.25) is 9.59 Å². The number of amides is 2. The number of nitrogens with one attached hydrogen (secondary N) is 2. The van der Waals surface area contributed by atoms with Gasteiger partial charge in [0, 0.05) is 24.6 Å². The first-order valence-electron chi connectivity index (χ1n) is 10.00. The Morgan fingerprint density at radius 2 is 1.42 bits per heavy atom.